The number of rotatable bonds is 4. The van der Waals surface area contributed by atoms with Crippen LogP contribution >= 0.6 is 0 Å². The summed E-state index contributed by atoms with van der Waals surface area (Å²) < 4.78 is 10.3. The van der Waals surface area contributed by atoms with Crippen LogP contribution in [0.3, 0.4) is 0 Å². The average molecular weight is 379 g/mol. The molecule has 2 heterocycles. The number of likely N-dealkylation sites (tertiary alicyclic amines) is 1. The van der Waals surface area contributed by atoms with Crippen LogP contribution in [0.25, 0.3) is 11.0 Å². The lowest BCUT2D eigenvalue weighted by molar-refractivity contribution is -0.141. The van der Waals surface area contributed by atoms with Gasteiger partial charge in [0.05, 0.1) is 18.4 Å². The second kappa shape index (κ2) is 6.15. The second-order valence-electron chi connectivity index (χ2n) is 7.45. The minimum Gasteiger partial charge on any atom is -0.460 e. The van der Waals surface area contributed by atoms with E-state index in [0.29, 0.717) is 11.0 Å². The Labute approximate surface area is 159 Å². The Hall–Kier alpha value is -3.22. The SMILES string of the molecule is O=C(OCCN1C(=O)C2C3C=CC(C3)C2C1=O)c1cc2ccccc2oc1=O. The van der Waals surface area contributed by atoms with Crippen molar-refractivity contribution < 1.29 is 23.5 Å². The molecule has 7 heteroatoms. The normalized spacial score (nSPS) is 27.6. The topological polar surface area (TPSA) is 93.9 Å². The fourth-order valence-corrected chi connectivity index (χ4v) is 4.70. The number of amides is 2. The highest BCUT2D eigenvalue weighted by Crippen LogP contribution is 2.52. The van der Waals surface area contributed by atoms with Crippen molar-refractivity contribution in [3.05, 3.63) is 58.5 Å². The molecule has 1 aliphatic heterocycles. The summed E-state index contributed by atoms with van der Waals surface area (Å²) in [6.45, 7) is -0.167. The average Bonchev–Trinajstić information content (AvgIpc) is 3.37. The molecular weight excluding hydrogens is 362 g/mol. The summed E-state index contributed by atoms with van der Waals surface area (Å²) >= 11 is 0. The lowest BCUT2D eigenvalue weighted by Gasteiger charge is -2.16. The highest BCUT2D eigenvalue weighted by Gasteiger charge is 2.59. The van der Waals surface area contributed by atoms with Crippen molar-refractivity contribution in [2.45, 2.75) is 6.42 Å². The molecule has 28 heavy (non-hydrogen) atoms. The molecule has 1 saturated carbocycles. The fourth-order valence-electron chi connectivity index (χ4n) is 4.70. The molecule has 0 spiro atoms. The van der Waals surface area contributed by atoms with E-state index in [0.717, 1.165) is 6.42 Å². The van der Waals surface area contributed by atoms with E-state index in [-0.39, 0.29) is 54.2 Å². The number of fused-ring (bicyclic) bond motifs is 6. The molecule has 2 aromatic rings. The third-order valence-corrected chi connectivity index (χ3v) is 5.97. The van der Waals surface area contributed by atoms with Gasteiger partial charge in [0.15, 0.2) is 0 Å². The number of nitrogens with zero attached hydrogens (tertiary/aromatic N) is 1. The van der Waals surface area contributed by atoms with E-state index in [4.69, 9.17) is 9.15 Å². The first-order chi connectivity index (χ1) is 13.5. The first kappa shape index (κ1) is 16.9. The van der Waals surface area contributed by atoms with Crippen molar-refractivity contribution in [3.8, 4) is 0 Å². The molecule has 142 valence electrons. The first-order valence-electron chi connectivity index (χ1n) is 9.28. The highest BCUT2D eigenvalue weighted by molar-refractivity contribution is 6.06. The van der Waals surface area contributed by atoms with Crippen molar-refractivity contribution in [2.75, 3.05) is 13.2 Å². The van der Waals surface area contributed by atoms with Gasteiger partial charge < -0.3 is 9.15 Å². The molecule has 0 N–H and O–H groups in total. The van der Waals surface area contributed by atoms with Crippen molar-refractivity contribution in [2.24, 2.45) is 23.7 Å². The zero-order valence-corrected chi connectivity index (χ0v) is 14.9. The van der Waals surface area contributed by atoms with E-state index >= 15 is 0 Å². The van der Waals surface area contributed by atoms with Gasteiger partial charge in [-0.1, -0.05) is 30.4 Å². The quantitative estimate of drug-likeness (QED) is 0.348. The van der Waals surface area contributed by atoms with E-state index in [1.165, 1.54) is 11.0 Å². The third kappa shape index (κ3) is 2.42. The van der Waals surface area contributed by atoms with Gasteiger partial charge in [0.25, 0.3) is 0 Å². The second-order valence-corrected chi connectivity index (χ2v) is 7.45. The maximum atomic E-state index is 12.6. The van der Waals surface area contributed by atoms with Crippen LogP contribution < -0.4 is 5.63 Å². The molecule has 0 radical (unpaired) electrons. The molecule has 7 nitrogen and oxygen atoms in total. The Bertz CT molecular complexity index is 1070. The molecule has 4 atom stereocenters. The number of hydrogen-bond acceptors (Lipinski definition) is 6. The van der Waals surface area contributed by atoms with E-state index in [2.05, 4.69) is 0 Å². The van der Waals surface area contributed by atoms with Crippen molar-refractivity contribution in [3.63, 3.8) is 0 Å². The third-order valence-electron chi connectivity index (χ3n) is 5.97. The van der Waals surface area contributed by atoms with Gasteiger partial charge in [-0.2, -0.15) is 0 Å². The number of para-hydroxylation sites is 1. The zero-order chi connectivity index (χ0) is 19.4. The Morgan fingerprint density at radius 2 is 1.75 bits per heavy atom. The summed E-state index contributed by atoms with van der Waals surface area (Å²) in [4.78, 5) is 50.7. The molecule has 1 aromatic heterocycles. The Morgan fingerprint density at radius 3 is 2.46 bits per heavy atom. The molecule has 2 aliphatic carbocycles. The summed E-state index contributed by atoms with van der Waals surface area (Å²) in [5.41, 5.74) is -0.613. The van der Waals surface area contributed by atoms with Crippen LogP contribution in [0.5, 0.6) is 0 Å². The molecule has 2 fully saturated rings. The zero-order valence-electron chi connectivity index (χ0n) is 14.9. The van der Waals surface area contributed by atoms with Gasteiger partial charge in [-0.15, -0.1) is 0 Å². The Morgan fingerprint density at radius 1 is 1.07 bits per heavy atom. The van der Waals surface area contributed by atoms with E-state index < -0.39 is 11.6 Å². The summed E-state index contributed by atoms with van der Waals surface area (Å²) in [6.07, 6.45) is 4.92. The predicted molar refractivity (Wildman–Crippen MR) is 97.2 cm³/mol. The molecule has 4 unspecified atom stereocenters. The summed E-state index contributed by atoms with van der Waals surface area (Å²) in [5.74, 6) is -1.47. The van der Waals surface area contributed by atoms with Gasteiger partial charge in [-0.3, -0.25) is 14.5 Å². The van der Waals surface area contributed by atoms with Crippen LogP contribution in [0.2, 0.25) is 0 Å². The van der Waals surface area contributed by atoms with Crippen LogP contribution in [0, 0.1) is 23.7 Å². The smallest absolute Gasteiger partial charge is 0.351 e. The van der Waals surface area contributed by atoms with Gasteiger partial charge in [0.2, 0.25) is 11.8 Å². The lowest BCUT2D eigenvalue weighted by atomic mass is 9.85. The number of carbonyl (C=O) groups is 3. The highest BCUT2D eigenvalue weighted by atomic mass is 16.5. The lowest BCUT2D eigenvalue weighted by Crippen LogP contribution is -2.36. The van der Waals surface area contributed by atoms with E-state index in [9.17, 15) is 19.2 Å². The molecule has 1 aromatic carbocycles. The molecule has 1 saturated heterocycles. The largest absolute Gasteiger partial charge is 0.460 e. The number of allylic oxidation sites excluding steroid dienone is 2. The van der Waals surface area contributed by atoms with Gasteiger partial charge in [0, 0.05) is 5.39 Å². The van der Waals surface area contributed by atoms with Crippen LogP contribution in [-0.2, 0) is 14.3 Å². The number of esters is 1. The van der Waals surface area contributed by atoms with Crippen LogP contribution in [0.15, 0.2) is 51.7 Å². The minimum absolute atomic E-state index is 0.00520. The van der Waals surface area contributed by atoms with Gasteiger partial charge in [0.1, 0.15) is 17.8 Å². The monoisotopic (exact) mass is 379 g/mol. The van der Waals surface area contributed by atoms with Crippen molar-refractivity contribution in [1.82, 2.24) is 4.90 Å². The standard InChI is InChI=1S/C21H17NO6/c23-18-16-12-5-6-13(9-12)17(16)19(24)22(18)7-8-27-20(25)14-10-11-3-1-2-4-15(11)28-21(14)26/h1-6,10,12-13,16-17H,7-9H2. The summed E-state index contributed by atoms with van der Waals surface area (Å²) in [7, 11) is 0. The van der Waals surface area contributed by atoms with Crippen LogP contribution in [0.4, 0.5) is 0 Å². The Kier molecular flexibility index (Phi) is 3.72. The van der Waals surface area contributed by atoms with E-state index in [1.807, 2.05) is 12.2 Å². The number of ether oxygens (including phenoxy) is 1. The molecule has 5 rings (SSSR count). The number of imide groups is 1. The van der Waals surface area contributed by atoms with Gasteiger partial charge in [-0.25, -0.2) is 9.59 Å². The predicted octanol–water partition coefficient (Wildman–Crippen LogP) is 1.76. The molecule has 3 aliphatic rings. The summed E-state index contributed by atoms with van der Waals surface area (Å²) in [6, 6.07) is 8.27. The number of carbonyl (C=O) groups excluding carboxylic acids is 3. The molecular formula is C21H17NO6. The first-order valence-corrected chi connectivity index (χ1v) is 9.28. The van der Waals surface area contributed by atoms with E-state index in [1.54, 1.807) is 24.3 Å². The van der Waals surface area contributed by atoms with Crippen molar-refractivity contribution >= 4 is 28.8 Å². The van der Waals surface area contributed by atoms with Crippen molar-refractivity contribution in [1.29, 1.82) is 0 Å². The van der Waals surface area contributed by atoms with Gasteiger partial charge in [-0.05, 0) is 30.4 Å². The maximum Gasteiger partial charge on any atom is 0.351 e. The van der Waals surface area contributed by atoms with Crippen LogP contribution in [0.1, 0.15) is 16.8 Å². The summed E-state index contributed by atoms with van der Waals surface area (Å²) in [5, 5.41) is 0.606. The van der Waals surface area contributed by atoms with Gasteiger partial charge >= 0.3 is 11.6 Å². The number of hydrogen-bond donors (Lipinski definition) is 0. The minimum atomic E-state index is -0.833. The number of benzene rings is 1. The Balaban J connectivity index is 1.26. The fraction of sp³-hybridized carbons (Fsp3) is 0.333. The van der Waals surface area contributed by atoms with Crippen LogP contribution in [-0.4, -0.2) is 35.8 Å². The maximum absolute atomic E-state index is 12.6. The molecule has 2 amide bonds. The molecule has 2 bridgehead atoms.